The Kier molecular flexibility index (Phi) is 5.52. The van der Waals surface area contributed by atoms with Gasteiger partial charge in [-0.05, 0) is 19.1 Å². The number of pyridine rings is 1. The van der Waals surface area contributed by atoms with Gasteiger partial charge in [0.25, 0.3) is 0 Å². The van der Waals surface area contributed by atoms with Crippen molar-refractivity contribution in [2.45, 2.75) is 13.5 Å². The average molecular weight is 400 g/mol. The highest BCUT2D eigenvalue weighted by Gasteiger charge is 2.20. The summed E-state index contributed by atoms with van der Waals surface area (Å²) in [4.78, 5) is 29.8. The third kappa shape index (κ3) is 3.91. The van der Waals surface area contributed by atoms with Crippen LogP contribution in [0.1, 0.15) is 17.3 Å². The molecule has 1 N–H and O–H groups in total. The van der Waals surface area contributed by atoms with Crippen molar-refractivity contribution < 1.29 is 14.3 Å². The molecule has 7 nitrogen and oxygen atoms in total. The van der Waals surface area contributed by atoms with Crippen LogP contribution in [0.5, 0.6) is 0 Å². The molecule has 0 saturated carbocycles. The first-order valence-corrected chi connectivity index (χ1v) is 9.59. The topological polar surface area (TPSA) is 86.1 Å². The normalized spacial score (nSPS) is 10.7. The van der Waals surface area contributed by atoms with Crippen LogP contribution in [-0.2, 0) is 16.1 Å². The van der Waals surface area contributed by atoms with Crippen LogP contribution in [0.4, 0.5) is 5.69 Å². The van der Waals surface area contributed by atoms with Crippen molar-refractivity contribution in [1.29, 1.82) is 0 Å². The number of hydrogen-bond donors (Lipinski definition) is 1. The average Bonchev–Trinajstić information content (AvgIpc) is 3.17. The van der Waals surface area contributed by atoms with Gasteiger partial charge in [0.15, 0.2) is 0 Å². The second-order valence-corrected chi connectivity index (χ2v) is 6.58. The Morgan fingerprint density at radius 2 is 1.80 bits per heavy atom. The zero-order valence-corrected chi connectivity index (χ0v) is 16.4. The largest absolute Gasteiger partial charge is 0.462 e. The van der Waals surface area contributed by atoms with Crippen LogP contribution in [-0.4, -0.2) is 33.2 Å². The maximum atomic E-state index is 12.9. The van der Waals surface area contributed by atoms with Crippen LogP contribution in [0.2, 0.25) is 0 Å². The highest BCUT2D eigenvalue weighted by molar-refractivity contribution is 6.05. The van der Waals surface area contributed by atoms with Gasteiger partial charge in [-0.2, -0.15) is 5.10 Å². The first kappa shape index (κ1) is 19.3. The predicted octanol–water partition coefficient (Wildman–Crippen LogP) is 3.91. The third-order valence-electron chi connectivity index (χ3n) is 4.60. The third-order valence-corrected chi connectivity index (χ3v) is 4.60. The summed E-state index contributed by atoms with van der Waals surface area (Å²) in [7, 11) is 0. The van der Waals surface area contributed by atoms with E-state index in [-0.39, 0.29) is 24.6 Å². The van der Waals surface area contributed by atoms with Crippen molar-refractivity contribution in [2.24, 2.45) is 0 Å². The molecule has 30 heavy (non-hydrogen) atoms. The number of esters is 1. The van der Waals surface area contributed by atoms with Gasteiger partial charge in [-0.3, -0.25) is 14.5 Å². The smallest absolute Gasteiger partial charge is 0.340 e. The molecule has 0 atom stereocenters. The molecule has 1 amide bonds. The van der Waals surface area contributed by atoms with Crippen LogP contribution in [0.25, 0.3) is 22.2 Å². The first-order chi connectivity index (χ1) is 14.7. The van der Waals surface area contributed by atoms with Crippen molar-refractivity contribution in [3.8, 4) is 11.3 Å². The number of para-hydroxylation sites is 1. The number of carbonyl (C=O) groups excluding carboxylic acids is 2. The minimum atomic E-state index is -0.517. The maximum Gasteiger partial charge on any atom is 0.340 e. The number of ether oxygens (including phenoxy) is 1. The Morgan fingerprint density at radius 3 is 2.60 bits per heavy atom. The number of hydrogen-bond acceptors (Lipinski definition) is 5. The molecule has 0 aliphatic carbocycles. The fourth-order valence-corrected chi connectivity index (χ4v) is 3.25. The van der Waals surface area contributed by atoms with E-state index in [4.69, 9.17) is 4.74 Å². The van der Waals surface area contributed by atoms with E-state index < -0.39 is 5.97 Å². The number of benzene rings is 2. The molecule has 2 heterocycles. The molecule has 0 fully saturated rings. The van der Waals surface area contributed by atoms with Crippen molar-refractivity contribution >= 4 is 28.5 Å². The predicted molar refractivity (Wildman–Crippen MR) is 114 cm³/mol. The van der Waals surface area contributed by atoms with Crippen LogP contribution in [0, 0.1) is 0 Å². The number of nitrogens with zero attached hydrogens (tertiary/aromatic N) is 3. The zero-order valence-electron chi connectivity index (χ0n) is 16.4. The molecule has 4 rings (SSSR count). The number of amides is 1. The lowest BCUT2D eigenvalue weighted by Crippen LogP contribution is -2.22. The van der Waals surface area contributed by atoms with E-state index in [9.17, 15) is 9.59 Å². The molecule has 2 aromatic carbocycles. The summed E-state index contributed by atoms with van der Waals surface area (Å²) in [6.07, 6.45) is 3.25. The summed E-state index contributed by atoms with van der Waals surface area (Å²) in [5, 5.41) is 8.10. The van der Waals surface area contributed by atoms with E-state index in [0.717, 1.165) is 16.5 Å². The molecule has 2 aromatic heterocycles. The van der Waals surface area contributed by atoms with E-state index in [1.54, 1.807) is 23.9 Å². The minimum Gasteiger partial charge on any atom is -0.462 e. The number of fused-ring (bicyclic) bond motifs is 1. The van der Waals surface area contributed by atoms with Crippen molar-refractivity contribution in [3.05, 3.63) is 78.6 Å². The Labute approximate surface area is 173 Å². The van der Waals surface area contributed by atoms with E-state index in [1.165, 1.54) is 6.20 Å². The second-order valence-electron chi connectivity index (χ2n) is 6.58. The molecule has 0 bridgehead atoms. The van der Waals surface area contributed by atoms with Gasteiger partial charge in [-0.15, -0.1) is 0 Å². The molecule has 0 aliphatic heterocycles. The van der Waals surface area contributed by atoms with Gasteiger partial charge in [0.05, 0.1) is 35.3 Å². The van der Waals surface area contributed by atoms with Gasteiger partial charge in [0, 0.05) is 17.1 Å². The number of anilines is 1. The lowest BCUT2D eigenvalue weighted by molar-refractivity contribution is -0.116. The van der Waals surface area contributed by atoms with E-state index in [2.05, 4.69) is 15.4 Å². The summed E-state index contributed by atoms with van der Waals surface area (Å²) in [6.45, 7) is 1.96. The lowest BCUT2D eigenvalue weighted by atomic mass is 10.1. The summed E-state index contributed by atoms with van der Waals surface area (Å²) < 4.78 is 6.79. The molecule has 0 aliphatic rings. The summed E-state index contributed by atoms with van der Waals surface area (Å²) >= 11 is 0. The zero-order chi connectivity index (χ0) is 20.9. The Hall–Kier alpha value is -4.00. The highest BCUT2D eigenvalue weighted by Crippen LogP contribution is 2.29. The maximum absolute atomic E-state index is 12.9. The number of carbonyl (C=O) groups is 2. The van der Waals surface area contributed by atoms with Gasteiger partial charge in [-0.1, -0.05) is 48.5 Å². The standard InChI is InChI=1S/C23H20N4O3/c1-2-30-23(29)18-12-13-24-21(16-8-4-3-5-9-16)22(18)26-20(28)15-27-19-11-7-6-10-17(19)14-25-27/h3-14H,2,15H2,1H3,(H,26,28). The molecule has 150 valence electrons. The van der Waals surface area contributed by atoms with Crippen LogP contribution in [0.15, 0.2) is 73.1 Å². The van der Waals surface area contributed by atoms with Gasteiger partial charge in [-0.25, -0.2) is 4.79 Å². The molecule has 0 saturated heterocycles. The number of aromatic nitrogens is 3. The Morgan fingerprint density at radius 1 is 1.03 bits per heavy atom. The number of rotatable bonds is 6. The first-order valence-electron chi connectivity index (χ1n) is 9.59. The fraction of sp³-hybridized carbons (Fsp3) is 0.130. The van der Waals surface area contributed by atoms with Crippen LogP contribution >= 0.6 is 0 Å². The van der Waals surface area contributed by atoms with Crippen LogP contribution in [0.3, 0.4) is 0 Å². The van der Waals surface area contributed by atoms with Gasteiger partial charge >= 0.3 is 5.97 Å². The van der Waals surface area contributed by atoms with Crippen molar-refractivity contribution in [2.75, 3.05) is 11.9 Å². The highest BCUT2D eigenvalue weighted by atomic mass is 16.5. The van der Waals surface area contributed by atoms with Crippen molar-refractivity contribution in [3.63, 3.8) is 0 Å². The number of nitrogens with one attached hydrogen (secondary N) is 1. The van der Waals surface area contributed by atoms with Gasteiger partial charge in [0.1, 0.15) is 6.54 Å². The fourth-order valence-electron chi connectivity index (χ4n) is 3.25. The minimum absolute atomic E-state index is 0.00109. The Balaban J connectivity index is 1.69. The van der Waals surface area contributed by atoms with Crippen LogP contribution < -0.4 is 5.32 Å². The van der Waals surface area contributed by atoms with E-state index >= 15 is 0 Å². The second kappa shape index (κ2) is 8.57. The Bertz CT molecular complexity index is 1200. The molecule has 7 heteroatoms. The van der Waals surface area contributed by atoms with Gasteiger partial charge in [0.2, 0.25) is 5.91 Å². The molecule has 4 aromatic rings. The van der Waals surface area contributed by atoms with Gasteiger partial charge < -0.3 is 10.1 Å². The monoisotopic (exact) mass is 400 g/mol. The van der Waals surface area contributed by atoms with E-state index in [0.29, 0.717) is 11.4 Å². The summed E-state index contributed by atoms with van der Waals surface area (Å²) in [6, 6.07) is 18.6. The molecular formula is C23H20N4O3. The molecule has 0 radical (unpaired) electrons. The summed E-state index contributed by atoms with van der Waals surface area (Å²) in [5.41, 5.74) is 2.71. The lowest BCUT2D eigenvalue weighted by Gasteiger charge is -2.15. The quantitative estimate of drug-likeness (QED) is 0.496. The van der Waals surface area contributed by atoms with Crippen molar-refractivity contribution in [1.82, 2.24) is 14.8 Å². The molecular weight excluding hydrogens is 380 g/mol. The molecule has 0 spiro atoms. The SMILES string of the molecule is CCOC(=O)c1ccnc(-c2ccccc2)c1NC(=O)Cn1ncc2ccccc21. The molecule has 0 unspecified atom stereocenters. The summed E-state index contributed by atoms with van der Waals surface area (Å²) in [5.74, 6) is -0.837. The van der Waals surface area contributed by atoms with E-state index in [1.807, 2.05) is 54.6 Å².